The van der Waals surface area contributed by atoms with Crippen LogP contribution in [-0.4, -0.2) is 34.6 Å². The van der Waals surface area contributed by atoms with Crippen LogP contribution in [0, 0.1) is 5.92 Å². The number of aliphatic hydroxyl groups excluding tert-OH is 1. The number of aromatic amines is 1. The van der Waals surface area contributed by atoms with E-state index < -0.39 is 5.91 Å². The summed E-state index contributed by atoms with van der Waals surface area (Å²) < 4.78 is 0. The number of rotatable bonds is 5. The van der Waals surface area contributed by atoms with Gasteiger partial charge in [0.25, 0.3) is 11.8 Å². The molecule has 2 atom stereocenters. The third kappa shape index (κ3) is 3.32. The van der Waals surface area contributed by atoms with Crippen LogP contribution in [-0.2, 0) is 0 Å². The first-order valence-electron chi connectivity index (χ1n) is 5.36. The summed E-state index contributed by atoms with van der Waals surface area (Å²) >= 11 is 0. The van der Waals surface area contributed by atoms with Crippen LogP contribution in [0.2, 0.25) is 0 Å². The maximum Gasteiger partial charge on any atom is 0.267 e. The molecule has 6 nitrogen and oxygen atoms in total. The number of nitrogens with one attached hydrogen (secondary N) is 2. The number of nitrogens with two attached hydrogens (primary N) is 1. The molecular weight excluding hydrogens is 222 g/mol. The molecule has 1 rings (SSSR count). The first kappa shape index (κ1) is 13.2. The standard InChI is InChI=1S/C11H17N3O3/c1-6(5-15)7(2)13-11(17)9-4-3-8(14-9)10(12)16/h3-4,6-7,14-15H,5H2,1-2H3,(H2,12,16)(H,13,17). The van der Waals surface area contributed by atoms with Crippen molar-refractivity contribution in [1.29, 1.82) is 0 Å². The van der Waals surface area contributed by atoms with Gasteiger partial charge in [0.1, 0.15) is 11.4 Å². The van der Waals surface area contributed by atoms with E-state index in [4.69, 9.17) is 10.8 Å². The number of hydrogen-bond acceptors (Lipinski definition) is 3. The molecule has 0 fully saturated rings. The number of amides is 2. The van der Waals surface area contributed by atoms with E-state index in [0.717, 1.165) is 0 Å². The zero-order chi connectivity index (χ0) is 13.0. The highest BCUT2D eigenvalue weighted by Crippen LogP contribution is 2.05. The van der Waals surface area contributed by atoms with E-state index in [1.807, 2.05) is 6.92 Å². The number of primary amides is 1. The Bertz CT molecular complexity index is 414. The van der Waals surface area contributed by atoms with Gasteiger partial charge in [-0.25, -0.2) is 0 Å². The molecule has 0 saturated heterocycles. The highest BCUT2D eigenvalue weighted by molar-refractivity contribution is 5.96. The van der Waals surface area contributed by atoms with E-state index in [1.165, 1.54) is 12.1 Å². The number of H-pyrrole nitrogens is 1. The van der Waals surface area contributed by atoms with Crippen LogP contribution in [0.15, 0.2) is 12.1 Å². The molecule has 1 aromatic rings. The lowest BCUT2D eigenvalue weighted by atomic mass is 10.1. The normalized spacial score (nSPS) is 14.1. The summed E-state index contributed by atoms with van der Waals surface area (Å²) in [4.78, 5) is 25.2. The zero-order valence-corrected chi connectivity index (χ0v) is 9.86. The molecule has 1 heterocycles. The maximum absolute atomic E-state index is 11.7. The van der Waals surface area contributed by atoms with Crippen molar-refractivity contribution in [2.24, 2.45) is 11.7 Å². The van der Waals surface area contributed by atoms with Crippen molar-refractivity contribution in [1.82, 2.24) is 10.3 Å². The molecule has 17 heavy (non-hydrogen) atoms. The molecule has 6 heteroatoms. The minimum Gasteiger partial charge on any atom is -0.396 e. The minimum absolute atomic E-state index is 0.00128. The molecule has 0 saturated carbocycles. The van der Waals surface area contributed by atoms with Crippen LogP contribution in [0.1, 0.15) is 34.8 Å². The average Bonchev–Trinajstić information content (AvgIpc) is 2.77. The zero-order valence-electron chi connectivity index (χ0n) is 9.86. The van der Waals surface area contributed by atoms with Gasteiger partial charge in [-0.15, -0.1) is 0 Å². The first-order chi connectivity index (χ1) is 7.95. The van der Waals surface area contributed by atoms with Crippen LogP contribution in [0.3, 0.4) is 0 Å². The fraction of sp³-hybridized carbons (Fsp3) is 0.455. The number of aromatic nitrogens is 1. The summed E-state index contributed by atoms with van der Waals surface area (Å²) in [5, 5.41) is 11.7. The molecule has 0 aliphatic carbocycles. The predicted octanol–water partition coefficient (Wildman–Crippen LogP) is -0.140. The van der Waals surface area contributed by atoms with Crippen molar-refractivity contribution in [3.63, 3.8) is 0 Å². The average molecular weight is 239 g/mol. The van der Waals surface area contributed by atoms with Crippen molar-refractivity contribution < 1.29 is 14.7 Å². The van der Waals surface area contributed by atoms with Crippen molar-refractivity contribution in [3.05, 3.63) is 23.5 Å². The molecule has 0 aliphatic heterocycles. The van der Waals surface area contributed by atoms with Crippen molar-refractivity contribution in [2.75, 3.05) is 6.61 Å². The van der Waals surface area contributed by atoms with Crippen LogP contribution < -0.4 is 11.1 Å². The predicted molar refractivity (Wildman–Crippen MR) is 62.5 cm³/mol. The number of hydrogen-bond donors (Lipinski definition) is 4. The quantitative estimate of drug-likeness (QED) is 0.574. The molecule has 94 valence electrons. The summed E-state index contributed by atoms with van der Waals surface area (Å²) in [6.45, 7) is 3.63. The third-order valence-electron chi connectivity index (χ3n) is 2.70. The highest BCUT2D eigenvalue weighted by Gasteiger charge is 2.16. The van der Waals surface area contributed by atoms with E-state index in [0.29, 0.717) is 0 Å². The van der Waals surface area contributed by atoms with Crippen LogP contribution in [0.25, 0.3) is 0 Å². The number of carbonyl (C=O) groups excluding carboxylic acids is 2. The summed E-state index contributed by atoms with van der Waals surface area (Å²) in [6, 6.07) is 2.79. The van der Waals surface area contributed by atoms with E-state index in [-0.39, 0.29) is 35.9 Å². The SMILES string of the molecule is CC(CO)C(C)NC(=O)c1ccc(C(N)=O)[nH]1. The molecule has 2 amide bonds. The maximum atomic E-state index is 11.7. The van der Waals surface area contributed by atoms with Gasteiger partial charge < -0.3 is 21.1 Å². The first-order valence-corrected chi connectivity index (χ1v) is 5.36. The summed E-state index contributed by atoms with van der Waals surface area (Å²) in [7, 11) is 0. The third-order valence-corrected chi connectivity index (χ3v) is 2.70. The fourth-order valence-electron chi connectivity index (χ4n) is 1.26. The molecule has 0 radical (unpaired) electrons. The van der Waals surface area contributed by atoms with Gasteiger partial charge in [-0.3, -0.25) is 9.59 Å². The Labute approximate surface area is 99.2 Å². The van der Waals surface area contributed by atoms with Crippen molar-refractivity contribution >= 4 is 11.8 Å². The molecule has 0 bridgehead atoms. The molecule has 1 aromatic heterocycles. The second kappa shape index (κ2) is 5.49. The molecule has 0 aliphatic rings. The Morgan fingerprint density at radius 2 is 2.00 bits per heavy atom. The largest absolute Gasteiger partial charge is 0.396 e. The van der Waals surface area contributed by atoms with E-state index >= 15 is 0 Å². The van der Waals surface area contributed by atoms with E-state index in [9.17, 15) is 9.59 Å². The smallest absolute Gasteiger partial charge is 0.267 e. The molecule has 0 spiro atoms. The van der Waals surface area contributed by atoms with E-state index in [2.05, 4.69) is 10.3 Å². The van der Waals surface area contributed by atoms with Gasteiger partial charge in [0, 0.05) is 12.6 Å². The second-order valence-electron chi connectivity index (χ2n) is 4.07. The summed E-state index contributed by atoms with van der Waals surface area (Å²) in [5.74, 6) is -0.976. The monoisotopic (exact) mass is 239 g/mol. The Hall–Kier alpha value is -1.82. The Balaban J connectivity index is 2.66. The van der Waals surface area contributed by atoms with Crippen LogP contribution in [0.5, 0.6) is 0 Å². The van der Waals surface area contributed by atoms with E-state index in [1.54, 1.807) is 6.92 Å². The van der Waals surface area contributed by atoms with Gasteiger partial charge in [0.2, 0.25) is 0 Å². The fourth-order valence-corrected chi connectivity index (χ4v) is 1.26. The van der Waals surface area contributed by atoms with Gasteiger partial charge in [0.05, 0.1) is 0 Å². The molecule has 5 N–H and O–H groups in total. The van der Waals surface area contributed by atoms with Gasteiger partial charge in [-0.1, -0.05) is 6.92 Å². The Morgan fingerprint density at radius 1 is 1.41 bits per heavy atom. The second-order valence-corrected chi connectivity index (χ2v) is 4.07. The lowest BCUT2D eigenvalue weighted by molar-refractivity contribution is 0.0912. The van der Waals surface area contributed by atoms with Crippen molar-refractivity contribution in [3.8, 4) is 0 Å². The van der Waals surface area contributed by atoms with Gasteiger partial charge >= 0.3 is 0 Å². The van der Waals surface area contributed by atoms with Crippen LogP contribution >= 0.6 is 0 Å². The van der Waals surface area contributed by atoms with Gasteiger partial charge in [-0.05, 0) is 25.0 Å². The summed E-state index contributed by atoms with van der Waals surface area (Å²) in [5.41, 5.74) is 5.53. The molecular formula is C11H17N3O3. The van der Waals surface area contributed by atoms with Gasteiger partial charge in [0.15, 0.2) is 0 Å². The minimum atomic E-state index is -0.610. The summed E-state index contributed by atoms with van der Waals surface area (Å²) in [6.07, 6.45) is 0. The highest BCUT2D eigenvalue weighted by atomic mass is 16.3. The number of aliphatic hydroxyl groups is 1. The van der Waals surface area contributed by atoms with Gasteiger partial charge in [-0.2, -0.15) is 0 Å². The topological polar surface area (TPSA) is 108 Å². The lowest BCUT2D eigenvalue weighted by Gasteiger charge is -2.18. The van der Waals surface area contributed by atoms with Crippen LogP contribution in [0.4, 0.5) is 0 Å². The Morgan fingerprint density at radius 3 is 2.47 bits per heavy atom. The lowest BCUT2D eigenvalue weighted by Crippen LogP contribution is -2.38. The Kier molecular flexibility index (Phi) is 4.28. The molecule has 2 unspecified atom stereocenters. The van der Waals surface area contributed by atoms with Crippen molar-refractivity contribution in [2.45, 2.75) is 19.9 Å². The molecule has 0 aromatic carbocycles. The number of carbonyl (C=O) groups is 2.